The summed E-state index contributed by atoms with van der Waals surface area (Å²) in [6.45, 7) is 1.04. The monoisotopic (exact) mass is 126 g/mol. The van der Waals surface area contributed by atoms with Gasteiger partial charge >= 0.3 is 0 Å². The second kappa shape index (κ2) is 1.70. The Morgan fingerprint density at radius 2 is 2.11 bits per heavy atom. The molecule has 52 valence electrons. The average molecular weight is 126 g/mol. The van der Waals surface area contributed by atoms with Crippen LogP contribution in [0.5, 0.6) is 0 Å². The van der Waals surface area contributed by atoms with Crippen LogP contribution in [0.2, 0.25) is 0 Å². The molecule has 1 aliphatic heterocycles. The van der Waals surface area contributed by atoms with Gasteiger partial charge in [-0.05, 0) is 25.7 Å². The first-order valence-corrected chi connectivity index (χ1v) is 3.81. The Labute approximate surface area is 55.8 Å². The van der Waals surface area contributed by atoms with Crippen LogP contribution in [0.25, 0.3) is 0 Å². The van der Waals surface area contributed by atoms with Crippen LogP contribution in [-0.4, -0.2) is 18.1 Å². The molecule has 0 radical (unpaired) electrons. The number of hydrogen-bond acceptors (Lipinski definition) is 2. The quantitative estimate of drug-likeness (QED) is 0.487. The third-order valence-corrected chi connectivity index (χ3v) is 2.59. The summed E-state index contributed by atoms with van der Waals surface area (Å²) < 4.78 is 0. The Morgan fingerprint density at radius 3 is 2.56 bits per heavy atom. The predicted molar refractivity (Wildman–Crippen MR) is 37.2 cm³/mol. The van der Waals surface area contributed by atoms with E-state index in [0.29, 0.717) is 11.6 Å². The van der Waals surface area contributed by atoms with Crippen molar-refractivity contribution >= 4 is 0 Å². The van der Waals surface area contributed by atoms with Gasteiger partial charge in [0.1, 0.15) is 0 Å². The van der Waals surface area contributed by atoms with E-state index in [1.165, 1.54) is 25.7 Å². The van der Waals surface area contributed by atoms with Crippen molar-refractivity contribution in [2.45, 2.75) is 37.3 Å². The molecule has 0 aromatic carbocycles. The zero-order valence-electron chi connectivity index (χ0n) is 5.69. The molecule has 1 heterocycles. The smallest absolute Gasteiger partial charge is 0.0184 e. The summed E-state index contributed by atoms with van der Waals surface area (Å²) in [5.74, 6) is 0. The molecule has 9 heavy (non-hydrogen) atoms. The molecular weight excluding hydrogens is 112 g/mol. The molecule has 2 fully saturated rings. The molecule has 2 rings (SSSR count). The maximum Gasteiger partial charge on any atom is 0.0184 e. The molecule has 0 amide bonds. The Balaban J connectivity index is 1.91. The lowest BCUT2D eigenvalue weighted by Gasteiger charge is -2.27. The van der Waals surface area contributed by atoms with Crippen molar-refractivity contribution in [1.29, 1.82) is 0 Å². The van der Waals surface area contributed by atoms with Crippen molar-refractivity contribution in [3.63, 3.8) is 0 Å². The number of hydrogen-bond donors (Lipinski definition) is 2. The van der Waals surface area contributed by atoms with Crippen LogP contribution in [0.15, 0.2) is 0 Å². The summed E-state index contributed by atoms with van der Waals surface area (Å²) >= 11 is 0. The van der Waals surface area contributed by atoms with E-state index >= 15 is 0 Å². The van der Waals surface area contributed by atoms with Crippen LogP contribution >= 0.6 is 0 Å². The van der Waals surface area contributed by atoms with Gasteiger partial charge in [0.15, 0.2) is 0 Å². The van der Waals surface area contributed by atoms with Crippen molar-refractivity contribution in [3.8, 4) is 0 Å². The van der Waals surface area contributed by atoms with Gasteiger partial charge in [0.25, 0.3) is 0 Å². The summed E-state index contributed by atoms with van der Waals surface area (Å²) in [5, 5.41) is 3.49. The molecule has 3 N–H and O–H groups in total. The fraction of sp³-hybridized carbons (Fsp3) is 1.00. The first kappa shape index (κ1) is 5.69. The maximum absolute atomic E-state index is 5.72. The average Bonchev–Trinajstić information content (AvgIpc) is 2.60. The minimum absolute atomic E-state index is 0.427. The highest BCUT2D eigenvalue weighted by molar-refractivity contribution is 5.05. The molecule has 1 unspecified atom stereocenters. The SMILES string of the molecule is NC1CCC2(CC2)NC1. The molecule has 0 bridgehead atoms. The highest BCUT2D eigenvalue weighted by Crippen LogP contribution is 2.41. The molecule has 1 saturated heterocycles. The van der Waals surface area contributed by atoms with Crippen LogP contribution in [0, 0.1) is 0 Å². The van der Waals surface area contributed by atoms with E-state index < -0.39 is 0 Å². The molecule has 0 aromatic heterocycles. The first-order valence-electron chi connectivity index (χ1n) is 3.81. The molecule has 1 saturated carbocycles. The molecule has 1 spiro atoms. The molecule has 1 aliphatic carbocycles. The number of nitrogens with one attached hydrogen (secondary N) is 1. The predicted octanol–water partition coefficient (Wildman–Crippen LogP) is 0.230. The summed E-state index contributed by atoms with van der Waals surface area (Å²) in [4.78, 5) is 0. The number of rotatable bonds is 0. The number of piperidine rings is 1. The minimum Gasteiger partial charge on any atom is -0.327 e. The maximum atomic E-state index is 5.72. The molecule has 2 heteroatoms. The van der Waals surface area contributed by atoms with E-state index in [0.717, 1.165) is 6.54 Å². The van der Waals surface area contributed by atoms with E-state index in [2.05, 4.69) is 5.32 Å². The van der Waals surface area contributed by atoms with Crippen molar-refractivity contribution in [1.82, 2.24) is 5.32 Å². The standard InChI is InChI=1S/C7H14N2/c8-6-1-2-7(3-4-7)9-5-6/h6,9H,1-5,8H2. The van der Waals surface area contributed by atoms with Crippen LogP contribution in [0.3, 0.4) is 0 Å². The van der Waals surface area contributed by atoms with Gasteiger partial charge in [-0.15, -0.1) is 0 Å². The lowest BCUT2D eigenvalue weighted by Crippen LogP contribution is -2.46. The topological polar surface area (TPSA) is 38.0 Å². The van der Waals surface area contributed by atoms with Crippen LogP contribution in [0.4, 0.5) is 0 Å². The second-order valence-electron chi connectivity index (χ2n) is 3.46. The summed E-state index contributed by atoms with van der Waals surface area (Å²) in [5.41, 5.74) is 6.30. The Bertz CT molecular complexity index is 108. The van der Waals surface area contributed by atoms with Gasteiger partial charge in [0.2, 0.25) is 0 Å². The van der Waals surface area contributed by atoms with Crippen molar-refractivity contribution in [3.05, 3.63) is 0 Å². The fourth-order valence-electron chi connectivity index (χ4n) is 1.58. The highest BCUT2D eigenvalue weighted by Gasteiger charge is 2.43. The van der Waals surface area contributed by atoms with E-state index in [1.807, 2.05) is 0 Å². The zero-order valence-corrected chi connectivity index (χ0v) is 5.69. The van der Waals surface area contributed by atoms with Gasteiger partial charge in [-0.3, -0.25) is 0 Å². The van der Waals surface area contributed by atoms with E-state index in [-0.39, 0.29) is 0 Å². The summed E-state index contributed by atoms with van der Waals surface area (Å²) in [6, 6.07) is 0.427. The third kappa shape index (κ3) is 0.970. The van der Waals surface area contributed by atoms with Crippen LogP contribution < -0.4 is 11.1 Å². The van der Waals surface area contributed by atoms with E-state index in [9.17, 15) is 0 Å². The minimum atomic E-state index is 0.427. The molecule has 2 nitrogen and oxygen atoms in total. The van der Waals surface area contributed by atoms with Gasteiger partial charge < -0.3 is 11.1 Å². The summed E-state index contributed by atoms with van der Waals surface area (Å²) in [7, 11) is 0. The first-order chi connectivity index (χ1) is 4.31. The Morgan fingerprint density at radius 1 is 1.33 bits per heavy atom. The van der Waals surface area contributed by atoms with Crippen molar-refractivity contribution < 1.29 is 0 Å². The van der Waals surface area contributed by atoms with Crippen molar-refractivity contribution in [2.75, 3.05) is 6.54 Å². The van der Waals surface area contributed by atoms with Crippen LogP contribution in [0.1, 0.15) is 25.7 Å². The highest BCUT2D eigenvalue weighted by atomic mass is 15.1. The largest absolute Gasteiger partial charge is 0.327 e. The molecule has 2 aliphatic rings. The van der Waals surface area contributed by atoms with E-state index in [1.54, 1.807) is 0 Å². The number of nitrogens with two attached hydrogens (primary N) is 1. The Kier molecular flexibility index (Phi) is 1.08. The van der Waals surface area contributed by atoms with Crippen LogP contribution in [-0.2, 0) is 0 Å². The molecule has 1 atom stereocenters. The van der Waals surface area contributed by atoms with Gasteiger partial charge in [0.05, 0.1) is 0 Å². The molecular formula is C7H14N2. The normalized spacial score (nSPS) is 39.0. The van der Waals surface area contributed by atoms with E-state index in [4.69, 9.17) is 5.73 Å². The van der Waals surface area contributed by atoms with Gasteiger partial charge in [0, 0.05) is 18.1 Å². The zero-order chi connectivity index (χ0) is 6.32. The van der Waals surface area contributed by atoms with Crippen molar-refractivity contribution in [2.24, 2.45) is 5.73 Å². The lowest BCUT2D eigenvalue weighted by atomic mass is 10.00. The van der Waals surface area contributed by atoms with Gasteiger partial charge in [-0.1, -0.05) is 0 Å². The molecule has 0 aromatic rings. The third-order valence-electron chi connectivity index (χ3n) is 2.59. The Hall–Kier alpha value is -0.0800. The van der Waals surface area contributed by atoms with Gasteiger partial charge in [-0.25, -0.2) is 0 Å². The second-order valence-corrected chi connectivity index (χ2v) is 3.46. The lowest BCUT2D eigenvalue weighted by molar-refractivity contribution is 0.350. The van der Waals surface area contributed by atoms with Gasteiger partial charge in [-0.2, -0.15) is 0 Å². The summed E-state index contributed by atoms with van der Waals surface area (Å²) in [6.07, 6.45) is 5.32. The fourth-order valence-corrected chi connectivity index (χ4v) is 1.58.